The van der Waals surface area contributed by atoms with E-state index in [0.717, 1.165) is 6.54 Å². The molecule has 0 aromatic rings. The Kier molecular flexibility index (Phi) is 5.51. The van der Waals surface area contributed by atoms with Gasteiger partial charge in [0.1, 0.15) is 0 Å². The molecule has 0 bridgehead atoms. The van der Waals surface area contributed by atoms with Crippen molar-refractivity contribution >= 4 is 0 Å². The molecule has 0 spiro atoms. The van der Waals surface area contributed by atoms with Crippen LogP contribution >= 0.6 is 0 Å². The van der Waals surface area contributed by atoms with Crippen molar-refractivity contribution in [2.45, 2.75) is 39.2 Å². The van der Waals surface area contributed by atoms with Gasteiger partial charge < -0.3 is 5.32 Å². The van der Waals surface area contributed by atoms with Crippen molar-refractivity contribution in [1.82, 2.24) is 10.2 Å². The normalized spacial score (nSPS) is 18.5. The van der Waals surface area contributed by atoms with E-state index in [-0.39, 0.29) is 0 Å². The van der Waals surface area contributed by atoms with Gasteiger partial charge in [-0.2, -0.15) is 0 Å². The quantitative estimate of drug-likeness (QED) is 0.694. The van der Waals surface area contributed by atoms with Crippen molar-refractivity contribution in [3.8, 4) is 0 Å². The Bertz CT molecular complexity index is 108. The average Bonchev–Trinajstić information content (AvgIpc) is 2.89. The first-order valence-electron chi connectivity index (χ1n) is 5.11. The largest absolute Gasteiger partial charge is 0.318 e. The number of hydrogen-bond donors (Lipinski definition) is 1. The second kappa shape index (κ2) is 5.55. The van der Waals surface area contributed by atoms with Crippen LogP contribution in [0.3, 0.4) is 0 Å². The maximum Gasteiger partial charge on any atom is 0.0332 e. The highest BCUT2D eigenvalue weighted by Gasteiger charge is 2.44. The minimum absolute atomic E-state index is 0.531. The maximum atomic E-state index is 3.24. The molecule has 2 heteroatoms. The molecular weight excluding hydrogens is 148 g/mol. The molecule has 0 radical (unpaired) electrons. The lowest BCUT2D eigenvalue weighted by Crippen LogP contribution is -2.41. The number of rotatable bonds is 4. The Hall–Kier alpha value is -0.0800. The average molecular weight is 172 g/mol. The summed E-state index contributed by atoms with van der Waals surface area (Å²) in [7, 11) is 4.24. The standard InChI is InChI=1S/C8H18N2.C2H6/c1-4-10(3)8(5-6-8)7-9-2;1-2/h9H,4-7H2,1-3H3;1-2H3. The number of nitrogens with one attached hydrogen (secondary N) is 1. The van der Waals surface area contributed by atoms with E-state index < -0.39 is 0 Å². The zero-order valence-electron chi connectivity index (χ0n) is 9.28. The summed E-state index contributed by atoms with van der Waals surface area (Å²) in [6.07, 6.45) is 2.75. The minimum Gasteiger partial charge on any atom is -0.318 e. The van der Waals surface area contributed by atoms with Crippen molar-refractivity contribution in [2.24, 2.45) is 0 Å². The maximum absolute atomic E-state index is 3.24. The molecule has 1 aliphatic rings. The molecule has 0 unspecified atom stereocenters. The second-order valence-electron chi connectivity index (χ2n) is 3.27. The fourth-order valence-electron chi connectivity index (χ4n) is 1.50. The summed E-state index contributed by atoms with van der Waals surface area (Å²) in [5, 5.41) is 3.24. The summed E-state index contributed by atoms with van der Waals surface area (Å²) < 4.78 is 0. The van der Waals surface area contributed by atoms with Gasteiger partial charge in [0.05, 0.1) is 0 Å². The molecule has 1 fully saturated rings. The van der Waals surface area contributed by atoms with Gasteiger partial charge >= 0.3 is 0 Å². The van der Waals surface area contributed by atoms with Gasteiger partial charge in [0, 0.05) is 12.1 Å². The van der Waals surface area contributed by atoms with Crippen molar-refractivity contribution < 1.29 is 0 Å². The number of nitrogens with zero attached hydrogens (tertiary/aromatic N) is 1. The predicted molar refractivity (Wildman–Crippen MR) is 55.5 cm³/mol. The molecule has 1 aliphatic carbocycles. The van der Waals surface area contributed by atoms with Gasteiger partial charge in [-0.3, -0.25) is 4.90 Å². The Balaban J connectivity index is 0.000000561. The molecular formula is C10H24N2. The van der Waals surface area contributed by atoms with Crippen molar-refractivity contribution in [3.63, 3.8) is 0 Å². The molecule has 12 heavy (non-hydrogen) atoms. The van der Waals surface area contributed by atoms with Crippen molar-refractivity contribution in [2.75, 3.05) is 27.2 Å². The van der Waals surface area contributed by atoms with Crippen LogP contribution in [0.4, 0.5) is 0 Å². The lowest BCUT2D eigenvalue weighted by atomic mass is 10.2. The number of likely N-dealkylation sites (N-methyl/N-ethyl adjacent to an activating group) is 2. The first-order chi connectivity index (χ1) is 5.75. The molecule has 0 atom stereocenters. The molecule has 0 aromatic carbocycles. The molecule has 0 aliphatic heterocycles. The third-order valence-corrected chi connectivity index (χ3v) is 2.62. The summed E-state index contributed by atoms with van der Waals surface area (Å²) >= 11 is 0. The van der Waals surface area contributed by atoms with E-state index in [0.29, 0.717) is 5.54 Å². The first-order valence-corrected chi connectivity index (χ1v) is 5.11. The van der Waals surface area contributed by atoms with Gasteiger partial charge in [-0.05, 0) is 33.5 Å². The summed E-state index contributed by atoms with van der Waals surface area (Å²) in [5.74, 6) is 0. The Labute approximate surface area is 77.3 Å². The Morgan fingerprint density at radius 2 is 1.83 bits per heavy atom. The molecule has 0 amide bonds. The lowest BCUT2D eigenvalue weighted by molar-refractivity contribution is 0.229. The van der Waals surface area contributed by atoms with Gasteiger partial charge in [0.2, 0.25) is 0 Å². The smallest absolute Gasteiger partial charge is 0.0332 e. The highest BCUT2D eigenvalue weighted by Crippen LogP contribution is 2.39. The van der Waals surface area contributed by atoms with Crippen LogP contribution in [0.15, 0.2) is 0 Å². The summed E-state index contributed by atoms with van der Waals surface area (Å²) in [6, 6.07) is 0. The van der Waals surface area contributed by atoms with Gasteiger partial charge in [-0.25, -0.2) is 0 Å². The molecule has 74 valence electrons. The summed E-state index contributed by atoms with van der Waals surface area (Å²) in [5.41, 5.74) is 0.531. The van der Waals surface area contributed by atoms with E-state index >= 15 is 0 Å². The van der Waals surface area contributed by atoms with Crippen molar-refractivity contribution in [3.05, 3.63) is 0 Å². The zero-order chi connectivity index (χ0) is 9.61. The molecule has 1 saturated carbocycles. The highest BCUT2D eigenvalue weighted by atomic mass is 15.2. The molecule has 1 rings (SSSR count). The third-order valence-electron chi connectivity index (χ3n) is 2.62. The molecule has 2 nitrogen and oxygen atoms in total. The molecule has 0 saturated heterocycles. The summed E-state index contributed by atoms with van der Waals surface area (Å²) in [4.78, 5) is 2.45. The topological polar surface area (TPSA) is 15.3 Å². The van der Waals surface area contributed by atoms with Crippen LogP contribution in [-0.4, -0.2) is 37.6 Å². The van der Waals surface area contributed by atoms with Gasteiger partial charge in [0.15, 0.2) is 0 Å². The van der Waals surface area contributed by atoms with E-state index in [4.69, 9.17) is 0 Å². The summed E-state index contributed by atoms with van der Waals surface area (Å²) in [6.45, 7) is 8.54. The minimum atomic E-state index is 0.531. The van der Waals surface area contributed by atoms with Crippen LogP contribution in [0.1, 0.15) is 33.6 Å². The first kappa shape index (κ1) is 11.9. The number of hydrogen-bond acceptors (Lipinski definition) is 2. The SMILES string of the molecule is CC.CCN(C)C1(CNC)CC1. The third kappa shape index (κ3) is 2.76. The van der Waals surface area contributed by atoms with Crippen molar-refractivity contribution in [1.29, 1.82) is 0 Å². The van der Waals surface area contributed by atoms with E-state index in [1.54, 1.807) is 0 Å². The monoisotopic (exact) mass is 172 g/mol. The van der Waals surface area contributed by atoms with E-state index in [1.165, 1.54) is 19.4 Å². The fraction of sp³-hybridized carbons (Fsp3) is 1.00. The zero-order valence-corrected chi connectivity index (χ0v) is 9.28. The van der Waals surface area contributed by atoms with Gasteiger partial charge in [0.25, 0.3) is 0 Å². The van der Waals surface area contributed by atoms with Crippen LogP contribution in [0.2, 0.25) is 0 Å². The van der Waals surface area contributed by atoms with E-state index in [9.17, 15) is 0 Å². The Morgan fingerprint density at radius 1 is 1.33 bits per heavy atom. The van der Waals surface area contributed by atoms with Gasteiger partial charge in [-0.15, -0.1) is 0 Å². The predicted octanol–water partition coefficient (Wildman–Crippen LogP) is 1.72. The highest BCUT2D eigenvalue weighted by molar-refractivity contribution is 5.03. The van der Waals surface area contributed by atoms with Crippen LogP contribution in [0, 0.1) is 0 Å². The van der Waals surface area contributed by atoms with Gasteiger partial charge in [-0.1, -0.05) is 20.8 Å². The van der Waals surface area contributed by atoms with Crippen LogP contribution < -0.4 is 5.32 Å². The molecule has 1 N–H and O–H groups in total. The van der Waals surface area contributed by atoms with E-state index in [2.05, 4.69) is 24.2 Å². The lowest BCUT2D eigenvalue weighted by Gasteiger charge is -2.26. The second-order valence-corrected chi connectivity index (χ2v) is 3.27. The van der Waals surface area contributed by atoms with Crippen LogP contribution in [0.25, 0.3) is 0 Å². The fourth-order valence-corrected chi connectivity index (χ4v) is 1.50. The van der Waals surface area contributed by atoms with Crippen LogP contribution in [-0.2, 0) is 0 Å². The van der Waals surface area contributed by atoms with Crippen LogP contribution in [0.5, 0.6) is 0 Å². The molecule has 0 heterocycles. The Morgan fingerprint density at radius 3 is 2.08 bits per heavy atom. The van der Waals surface area contributed by atoms with E-state index in [1.807, 2.05) is 20.9 Å². The molecule has 0 aromatic heterocycles.